The van der Waals surface area contributed by atoms with Gasteiger partial charge in [0.2, 0.25) is 0 Å². The summed E-state index contributed by atoms with van der Waals surface area (Å²) in [6.07, 6.45) is 1.65. The molecule has 162 valence electrons. The van der Waals surface area contributed by atoms with Gasteiger partial charge in [0.15, 0.2) is 0 Å². The summed E-state index contributed by atoms with van der Waals surface area (Å²) in [6, 6.07) is 21.4. The van der Waals surface area contributed by atoms with E-state index in [1.54, 1.807) is 28.0 Å². The van der Waals surface area contributed by atoms with Crippen molar-refractivity contribution in [2.75, 3.05) is 29.4 Å². The van der Waals surface area contributed by atoms with E-state index in [2.05, 4.69) is 6.07 Å². The van der Waals surface area contributed by atoms with Crippen molar-refractivity contribution >= 4 is 23.3 Å². The van der Waals surface area contributed by atoms with Gasteiger partial charge in [0.25, 0.3) is 5.91 Å². The molecule has 0 N–H and O–H groups in total. The lowest BCUT2D eigenvalue weighted by Gasteiger charge is -2.36. The summed E-state index contributed by atoms with van der Waals surface area (Å²) >= 11 is 0. The Morgan fingerprint density at radius 1 is 0.906 bits per heavy atom. The van der Waals surface area contributed by atoms with Crippen LogP contribution in [0.2, 0.25) is 0 Å². The van der Waals surface area contributed by atoms with Gasteiger partial charge < -0.3 is 9.80 Å². The van der Waals surface area contributed by atoms with Gasteiger partial charge in [-0.3, -0.25) is 9.69 Å². The van der Waals surface area contributed by atoms with Gasteiger partial charge >= 0.3 is 6.03 Å². The van der Waals surface area contributed by atoms with Gasteiger partial charge in [-0.05, 0) is 60.4 Å². The summed E-state index contributed by atoms with van der Waals surface area (Å²) in [4.78, 5) is 31.7. The Balaban J connectivity index is 1.36. The molecule has 1 fully saturated rings. The highest BCUT2D eigenvalue weighted by Gasteiger charge is 2.29. The lowest BCUT2D eigenvalue weighted by atomic mass is 10.1. The van der Waals surface area contributed by atoms with Crippen LogP contribution in [0.3, 0.4) is 0 Å². The van der Waals surface area contributed by atoms with Crippen LogP contribution in [0.5, 0.6) is 0 Å². The van der Waals surface area contributed by atoms with Gasteiger partial charge in [0.05, 0.1) is 0 Å². The SMILES string of the molecule is O=C1N(Cc2cccc(F)c2)CCCN1c1cccc(C(=O)N2CCc3ccccc32)c1. The average molecular weight is 429 g/mol. The van der Waals surface area contributed by atoms with Gasteiger partial charge in [0, 0.05) is 43.1 Å². The monoisotopic (exact) mass is 429 g/mol. The molecule has 0 saturated carbocycles. The van der Waals surface area contributed by atoms with E-state index < -0.39 is 0 Å². The molecule has 0 aliphatic carbocycles. The predicted molar refractivity (Wildman–Crippen MR) is 122 cm³/mol. The van der Waals surface area contributed by atoms with Crippen molar-refractivity contribution in [2.24, 2.45) is 0 Å². The minimum absolute atomic E-state index is 0.0575. The molecule has 3 amide bonds. The standard InChI is InChI=1S/C26H24FN3O2/c27-22-9-3-6-19(16-22)18-28-13-5-14-29(26(28)32)23-10-4-8-21(17-23)25(31)30-15-12-20-7-1-2-11-24(20)30/h1-4,6-11,16-17H,5,12-15,18H2. The van der Waals surface area contributed by atoms with Gasteiger partial charge in [-0.1, -0.05) is 36.4 Å². The molecule has 0 spiro atoms. The van der Waals surface area contributed by atoms with E-state index >= 15 is 0 Å². The van der Waals surface area contributed by atoms with Gasteiger partial charge in [-0.2, -0.15) is 0 Å². The highest BCUT2D eigenvalue weighted by atomic mass is 19.1. The van der Waals surface area contributed by atoms with E-state index in [-0.39, 0.29) is 17.8 Å². The highest BCUT2D eigenvalue weighted by Crippen LogP contribution is 2.30. The summed E-state index contributed by atoms with van der Waals surface area (Å²) < 4.78 is 13.6. The van der Waals surface area contributed by atoms with E-state index in [4.69, 9.17) is 0 Å². The van der Waals surface area contributed by atoms with Crippen LogP contribution >= 0.6 is 0 Å². The predicted octanol–water partition coefficient (Wildman–Crippen LogP) is 4.86. The maximum atomic E-state index is 13.6. The number of carbonyl (C=O) groups excluding carboxylic acids is 2. The Labute approximate surface area is 186 Å². The fourth-order valence-corrected chi connectivity index (χ4v) is 4.54. The van der Waals surface area contributed by atoms with E-state index in [9.17, 15) is 14.0 Å². The Morgan fingerprint density at radius 2 is 1.75 bits per heavy atom. The first-order chi connectivity index (χ1) is 15.6. The Morgan fingerprint density at radius 3 is 2.62 bits per heavy atom. The third-order valence-corrected chi connectivity index (χ3v) is 6.11. The van der Waals surface area contributed by atoms with Crippen LogP contribution in [0.4, 0.5) is 20.6 Å². The number of anilines is 2. The molecule has 0 bridgehead atoms. The van der Waals surface area contributed by atoms with Crippen LogP contribution in [-0.2, 0) is 13.0 Å². The topological polar surface area (TPSA) is 43.9 Å². The van der Waals surface area contributed by atoms with Crippen molar-refractivity contribution in [3.8, 4) is 0 Å². The maximum absolute atomic E-state index is 13.6. The number of halogens is 1. The smallest absolute Gasteiger partial charge is 0.320 e. The van der Waals surface area contributed by atoms with E-state index in [0.29, 0.717) is 37.4 Å². The molecule has 1 saturated heterocycles. The third-order valence-electron chi connectivity index (χ3n) is 6.11. The lowest BCUT2D eigenvalue weighted by Crippen LogP contribution is -2.49. The van der Waals surface area contributed by atoms with E-state index in [0.717, 1.165) is 24.1 Å². The number of amides is 3. The number of urea groups is 1. The van der Waals surface area contributed by atoms with Crippen LogP contribution in [0.1, 0.15) is 27.9 Å². The number of nitrogens with zero attached hydrogens (tertiary/aromatic N) is 3. The Bertz CT molecular complexity index is 1180. The first-order valence-electron chi connectivity index (χ1n) is 10.9. The Hall–Kier alpha value is -3.67. The van der Waals surface area contributed by atoms with Crippen molar-refractivity contribution in [3.05, 3.63) is 95.3 Å². The molecule has 0 unspecified atom stereocenters. The zero-order chi connectivity index (χ0) is 22.1. The second-order valence-corrected chi connectivity index (χ2v) is 8.23. The van der Waals surface area contributed by atoms with E-state index in [1.807, 2.05) is 41.3 Å². The van der Waals surface area contributed by atoms with Crippen molar-refractivity contribution in [1.29, 1.82) is 0 Å². The largest absolute Gasteiger partial charge is 0.324 e. The molecule has 2 heterocycles. The minimum Gasteiger partial charge on any atom is -0.320 e. The number of fused-ring (bicyclic) bond motifs is 1. The van der Waals surface area contributed by atoms with Crippen LogP contribution < -0.4 is 9.80 Å². The lowest BCUT2D eigenvalue weighted by molar-refractivity contribution is 0.0989. The second-order valence-electron chi connectivity index (χ2n) is 8.23. The molecule has 5 rings (SSSR count). The zero-order valence-electron chi connectivity index (χ0n) is 17.7. The maximum Gasteiger partial charge on any atom is 0.324 e. The quantitative estimate of drug-likeness (QED) is 0.595. The van der Waals surface area contributed by atoms with Crippen LogP contribution in [0.25, 0.3) is 0 Å². The van der Waals surface area contributed by atoms with Crippen LogP contribution in [0.15, 0.2) is 72.8 Å². The molecule has 2 aliphatic heterocycles. The zero-order valence-corrected chi connectivity index (χ0v) is 17.7. The molecule has 6 heteroatoms. The number of carbonyl (C=O) groups is 2. The molecular formula is C26H24FN3O2. The third kappa shape index (κ3) is 3.84. The molecule has 0 atom stereocenters. The Kier molecular flexibility index (Phi) is 5.35. The van der Waals surface area contributed by atoms with Crippen molar-refractivity contribution in [1.82, 2.24) is 4.90 Å². The van der Waals surface area contributed by atoms with Crippen LogP contribution in [0, 0.1) is 5.82 Å². The molecule has 0 aromatic heterocycles. The molecule has 32 heavy (non-hydrogen) atoms. The van der Waals surface area contributed by atoms with Crippen molar-refractivity contribution in [2.45, 2.75) is 19.4 Å². The number of rotatable bonds is 4. The molecule has 5 nitrogen and oxygen atoms in total. The highest BCUT2D eigenvalue weighted by molar-refractivity contribution is 6.08. The molecular weight excluding hydrogens is 405 g/mol. The van der Waals surface area contributed by atoms with Crippen molar-refractivity contribution in [3.63, 3.8) is 0 Å². The second kappa shape index (κ2) is 8.46. The summed E-state index contributed by atoms with van der Waals surface area (Å²) in [6.45, 7) is 2.22. The number of benzene rings is 3. The molecule has 3 aromatic rings. The van der Waals surface area contributed by atoms with Gasteiger partial charge in [-0.25, -0.2) is 9.18 Å². The number of para-hydroxylation sites is 1. The molecule has 2 aliphatic rings. The van der Waals surface area contributed by atoms with Crippen molar-refractivity contribution < 1.29 is 14.0 Å². The first-order valence-corrected chi connectivity index (χ1v) is 10.9. The number of hydrogen-bond acceptors (Lipinski definition) is 2. The number of hydrogen-bond donors (Lipinski definition) is 0. The normalized spacial score (nSPS) is 15.8. The van der Waals surface area contributed by atoms with Crippen LogP contribution in [-0.4, -0.2) is 36.5 Å². The summed E-state index contributed by atoms with van der Waals surface area (Å²) in [5.74, 6) is -0.364. The summed E-state index contributed by atoms with van der Waals surface area (Å²) in [5.41, 5.74) is 4.16. The first kappa shape index (κ1) is 20.2. The van der Waals surface area contributed by atoms with E-state index in [1.165, 1.54) is 17.7 Å². The fourth-order valence-electron chi connectivity index (χ4n) is 4.54. The average Bonchev–Trinajstić information content (AvgIpc) is 3.24. The summed E-state index contributed by atoms with van der Waals surface area (Å²) in [5, 5.41) is 0. The summed E-state index contributed by atoms with van der Waals surface area (Å²) in [7, 11) is 0. The minimum atomic E-state index is -0.307. The fraction of sp³-hybridized carbons (Fsp3) is 0.231. The molecule has 3 aromatic carbocycles. The molecule has 0 radical (unpaired) electrons. The van der Waals surface area contributed by atoms with Gasteiger partial charge in [0.1, 0.15) is 5.82 Å². The van der Waals surface area contributed by atoms with Gasteiger partial charge in [-0.15, -0.1) is 0 Å².